The Labute approximate surface area is 223 Å². The molecule has 0 aliphatic heterocycles. The second-order valence-corrected chi connectivity index (χ2v) is 11.8. The molecule has 0 aliphatic carbocycles. The Kier molecular flexibility index (Phi) is 12.5. The molecule has 0 saturated carbocycles. The van der Waals surface area contributed by atoms with Crippen LogP contribution in [0.5, 0.6) is 0 Å². The molecular formula is C31H48O6. The smallest absolute Gasteiger partial charge is 0.318 e. The Morgan fingerprint density at radius 3 is 1.22 bits per heavy atom. The van der Waals surface area contributed by atoms with Gasteiger partial charge < -0.3 is 24.8 Å². The van der Waals surface area contributed by atoms with Crippen LogP contribution in [0.2, 0.25) is 0 Å². The molecule has 2 aromatic rings. The Morgan fingerprint density at radius 2 is 0.946 bits per heavy atom. The summed E-state index contributed by atoms with van der Waals surface area (Å²) >= 11 is 0. The Balaban J connectivity index is 0.000000580. The molecule has 0 heterocycles. The van der Waals surface area contributed by atoms with Crippen molar-refractivity contribution in [3.63, 3.8) is 0 Å². The normalized spacial score (nSPS) is 12.2. The molecule has 0 saturated heterocycles. The topological polar surface area (TPSA) is 96.2 Å². The molecule has 0 radical (unpaired) electrons. The van der Waals surface area contributed by atoms with E-state index in [1.165, 1.54) is 0 Å². The molecule has 0 spiro atoms. The molecule has 2 aromatic carbocycles. The zero-order valence-corrected chi connectivity index (χ0v) is 24.3. The number of hydrogen-bond donors (Lipinski definition) is 3. The number of aliphatic hydroxyl groups excluding tert-OH is 2. The third-order valence-corrected chi connectivity index (χ3v) is 6.31. The van der Waals surface area contributed by atoms with E-state index in [1.54, 1.807) is 0 Å². The lowest BCUT2D eigenvalue weighted by molar-refractivity contribution is -0.141. The van der Waals surface area contributed by atoms with E-state index in [0.717, 1.165) is 33.4 Å². The molecular weight excluding hydrogens is 468 g/mol. The van der Waals surface area contributed by atoms with Crippen LogP contribution in [0.1, 0.15) is 81.8 Å². The third kappa shape index (κ3) is 9.86. The van der Waals surface area contributed by atoms with E-state index in [2.05, 4.69) is 65.8 Å². The van der Waals surface area contributed by atoms with Gasteiger partial charge in [0.05, 0.1) is 39.6 Å². The predicted molar refractivity (Wildman–Crippen MR) is 150 cm³/mol. The standard InChI is InChI=1S/C25H34O2.C6H14O4/c1-16-10-18(23(3,4)5)14-20(12-16)25(9,22(26)27)21-13-17(2)11-19(15-21)24(6,7)8;7-1-3-9-5-6-10-4-2-8/h10-15H,1-9H3,(H,26,27);7-8H,1-6H2. The molecule has 0 amide bonds. The average molecular weight is 517 g/mol. The van der Waals surface area contributed by atoms with Crippen LogP contribution in [0.3, 0.4) is 0 Å². The fraction of sp³-hybridized carbons (Fsp3) is 0.581. The first kappa shape index (κ1) is 32.8. The van der Waals surface area contributed by atoms with Gasteiger partial charge in [-0.2, -0.15) is 0 Å². The maximum Gasteiger partial charge on any atom is 0.318 e. The van der Waals surface area contributed by atoms with E-state index in [-0.39, 0.29) is 24.0 Å². The van der Waals surface area contributed by atoms with Gasteiger partial charge in [0.2, 0.25) is 0 Å². The van der Waals surface area contributed by atoms with E-state index in [1.807, 2.05) is 32.9 Å². The number of aliphatic carboxylic acids is 1. The van der Waals surface area contributed by atoms with E-state index >= 15 is 0 Å². The molecule has 6 nitrogen and oxygen atoms in total. The van der Waals surface area contributed by atoms with Gasteiger partial charge >= 0.3 is 5.97 Å². The molecule has 0 bridgehead atoms. The zero-order chi connectivity index (χ0) is 28.4. The molecule has 3 N–H and O–H groups in total. The summed E-state index contributed by atoms with van der Waals surface area (Å²) in [7, 11) is 0. The predicted octanol–water partition coefficient (Wildman–Crippen LogP) is 5.29. The minimum atomic E-state index is -1.10. The Morgan fingerprint density at radius 1 is 0.622 bits per heavy atom. The van der Waals surface area contributed by atoms with Crippen molar-refractivity contribution in [1.82, 2.24) is 0 Å². The maximum absolute atomic E-state index is 12.6. The number of hydrogen-bond acceptors (Lipinski definition) is 5. The van der Waals surface area contributed by atoms with Crippen molar-refractivity contribution >= 4 is 5.97 Å². The van der Waals surface area contributed by atoms with E-state index in [0.29, 0.717) is 26.4 Å². The van der Waals surface area contributed by atoms with Crippen LogP contribution < -0.4 is 0 Å². The SMILES string of the molecule is Cc1cc(C(C)(C)C)cc(C(C)(C(=O)O)c2cc(C)cc(C(C)(C)C)c2)c1.OCCOCCOCCO. The Bertz CT molecular complexity index is 926. The minimum absolute atomic E-state index is 0.0383. The molecule has 0 unspecified atom stereocenters. The lowest BCUT2D eigenvalue weighted by Gasteiger charge is -2.31. The summed E-state index contributed by atoms with van der Waals surface area (Å²) in [6.07, 6.45) is 0. The quantitative estimate of drug-likeness (QED) is 0.371. The summed E-state index contributed by atoms with van der Waals surface area (Å²) in [5.74, 6) is -0.821. The highest BCUT2D eigenvalue weighted by molar-refractivity contribution is 5.86. The molecule has 208 valence electrons. The van der Waals surface area contributed by atoms with Gasteiger partial charge in [-0.25, -0.2) is 0 Å². The number of rotatable bonds is 10. The van der Waals surface area contributed by atoms with Gasteiger partial charge in [-0.15, -0.1) is 0 Å². The van der Waals surface area contributed by atoms with Gasteiger partial charge in [0.1, 0.15) is 5.41 Å². The molecule has 0 aliphatic rings. The van der Waals surface area contributed by atoms with Crippen LogP contribution in [0.4, 0.5) is 0 Å². The van der Waals surface area contributed by atoms with Crippen molar-refractivity contribution in [3.05, 3.63) is 69.8 Å². The monoisotopic (exact) mass is 516 g/mol. The summed E-state index contributed by atoms with van der Waals surface area (Å²) in [6, 6.07) is 12.5. The molecule has 37 heavy (non-hydrogen) atoms. The number of aryl methyl sites for hydroxylation is 2. The highest BCUT2D eigenvalue weighted by Gasteiger charge is 2.39. The fourth-order valence-electron chi connectivity index (χ4n) is 3.87. The maximum atomic E-state index is 12.6. The first-order valence-electron chi connectivity index (χ1n) is 12.9. The first-order valence-corrected chi connectivity index (χ1v) is 12.9. The van der Waals surface area contributed by atoms with Crippen LogP contribution in [-0.4, -0.2) is 60.9 Å². The van der Waals surface area contributed by atoms with E-state index in [9.17, 15) is 9.90 Å². The van der Waals surface area contributed by atoms with Gasteiger partial charge in [0, 0.05) is 0 Å². The largest absolute Gasteiger partial charge is 0.480 e. The molecule has 6 heteroatoms. The third-order valence-electron chi connectivity index (χ3n) is 6.31. The van der Waals surface area contributed by atoms with Crippen molar-refractivity contribution in [2.75, 3.05) is 39.6 Å². The van der Waals surface area contributed by atoms with Gasteiger partial charge in [-0.1, -0.05) is 89.1 Å². The summed E-state index contributed by atoms with van der Waals surface area (Å²) in [5, 5.41) is 26.8. The van der Waals surface area contributed by atoms with E-state index < -0.39 is 11.4 Å². The number of carboxylic acids is 1. The number of carboxylic acid groups (broad SMARTS) is 1. The van der Waals surface area contributed by atoms with Crippen molar-refractivity contribution in [3.8, 4) is 0 Å². The molecule has 0 aromatic heterocycles. The minimum Gasteiger partial charge on any atom is -0.480 e. The fourth-order valence-corrected chi connectivity index (χ4v) is 3.87. The second-order valence-electron chi connectivity index (χ2n) is 11.8. The van der Waals surface area contributed by atoms with Crippen LogP contribution >= 0.6 is 0 Å². The van der Waals surface area contributed by atoms with Crippen LogP contribution in [-0.2, 0) is 30.5 Å². The number of ether oxygens (including phenoxy) is 2. The average Bonchev–Trinajstić information content (AvgIpc) is 2.79. The summed E-state index contributed by atoms with van der Waals surface area (Å²) in [5.41, 5.74) is 5.01. The molecule has 2 rings (SSSR count). The summed E-state index contributed by atoms with van der Waals surface area (Å²) < 4.78 is 9.75. The lowest BCUT2D eigenvalue weighted by Crippen LogP contribution is -2.35. The van der Waals surface area contributed by atoms with Crippen LogP contribution in [0, 0.1) is 13.8 Å². The summed E-state index contributed by atoms with van der Waals surface area (Å²) in [6.45, 7) is 20.6. The summed E-state index contributed by atoms with van der Waals surface area (Å²) in [4.78, 5) is 12.6. The lowest BCUT2D eigenvalue weighted by atomic mass is 9.72. The first-order chi connectivity index (χ1) is 17.1. The number of benzene rings is 2. The van der Waals surface area contributed by atoms with Gasteiger partial charge in [0.25, 0.3) is 0 Å². The van der Waals surface area contributed by atoms with Crippen molar-refractivity contribution in [2.24, 2.45) is 0 Å². The van der Waals surface area contributed by atoms with Gasteiger partial charge in [-0.05, 0) is 53.9 Å². The highest BCUT2D eigenvalue weighted by atomic mass is 16.5. The molecule has 0 fully saturated rings. The van der Waals surface area contributed by atoms with Crippen molar-refractivity contribution in [1.29, 1.82) is 0 Å². The second kappa shape index (κ2) is 14.1. The van der Waals surface area contributed by atoms with Gasteiger partial charge in [0.15, 0.2) is 0 Å². The zero-order valence-electron chi connectivity index (χ0n) is 24.3. The van der Waals surface area contributed by atoms with Crippen molar-refractivity contribution < 1.29 is 29.6 Å². The van der Waals surface area contributed by atoms with Crippen LogP contribution in [0.25, 0.3) is 0 Å². The number of carbonyl (C=O) groups is 1. The number of aliphatic hydroxyl groups is 2. The van der Waals surface area contributed by atoms with Crippen molar-refractivity contribution in [2.45, 2.75) is 78.6 Å². The van der Waals surface area contributed by atoms with E-state index in [4.69, 9.17) is 19.7 Å². The Hall–Kier alpha value is -2.25. The van der Waals surface area contributed by atoms with Gasteiger partial charge in [-0.3, -0.25) is 4.79 Å². The highest BCUT2D eigenvalue weighted by Crippen LogP contribution is 2.38. The van der Waals surface area contributed by atoms with Crippen LogP contribution in [0.15, 0.2) is 36.4 Å². The molecule has 0 atom stereocenters.